The van der Waals surface area contributed by atoms with Crippen LogP contribution in [0.3, 0.4) is 0 Å². The van der Waals surface area contributed by atoms with E-state index >= 15 is 0 Å². The van der Waals surface area contributed by atoms with E-state index in [1.807, 2.05) is 18.2 Å². The zero-order chi connectivity index (χ0) is 13.0. The Balaban J connectivity index is 2.08. The fourth-order valence-corrected chi connectivity index (χ4v) is 2.54. The standard InChI is InChI=1S/C14H20N2OS/c1-16(10-11-6-4-5-9-17-11)13-8-3-2-7-12(13)14(15)18/h2-3,7-8,11H,4-6,9-10H2,1H3,(H2,15,18). The van der Waals surface area contributed by atoms with Crippen molar-refractivity contribution < 1.29 is 4.74 Å². The first kappa shape index (κ1) is 13.3. The second-order valence-corrected chi connectivity index (χ2v) is 5.19. The van der Waals surface area contributed by atoms with Crippen LogP contribution in [0.5, 0.6) is 0 Å². The zero-order valence-electron chi connectivity index (χ0n) is 10.8. The summed E-state index contributed by atoms with van der Waals surface area (Å²) >= 11 is 5.09. The topological polar surface area (TPSA) is 38.5 Å². The third-order valence-electron chi connectivity index (χ3n) is 3.33. The number of nitrogens with two attached hydrogens (primary N) is 1. The van der Waals surface area contributed by atoms with Crippen LogP contribution < -0.4 is 10.6 Å². The van der Waals surface area contributed by atoms with Gasteiger partial charge in [-0.25, -0.2) is 0 Å². The van der Waals surface area contributed by atoms with Crippen molar-refractivity contribution in [2.75, 3.05) is 25.1 Å². The van der Waals surface area contributed by atoms with Crippen LogP contribution in [0.25, 0.3) is 0 Å². The predicted octanol–water partition coefficient (Wildman–Crippen LogP) is 2.33. The van der Waals surface area contributed by atoms with Crippen LogP contribution in [-0.2, 0) is 4.74 Å². The highest BCUT2D eigenvalue weighted by Gasteiger charge is 2.17. The maximum atomic E-state index is 5.76. The summed E-state index contributed by atoms with van der Waals surface area (Å²) in [6, 6.07) is 7.99. The second-order valence-electron chi connectivity index (χ2n) is 4.75. The highest BCUT2D eigenvalue weighted by Crippen LogP contribution is 2.21. The normalized spacial score (nSPS) is 19.5. The Morgan fingerprint density at radius 2 is 2.22 bits per heavy atom. The predicted molar refractivity (Wildman–Crippen MR) is 79.2 cm³/mol. The van der Waals surface area contributed by atoms with Gasteiger partial charge in [0.2, 0.25) is 0 Å². The molecular weight excluding hydrogens is 244 g/mol. The number of hydrogen-bond donors (Lipinski definition) is 1. The first-order valence-electron chi connectivity index (χ1n) is 6.40. The molecule has 1 atom stereocenters. The molecule has 2 N–H and O–H groups in total. The maximum Gasteiger partial charge on any atom is 0.106 e. The average Bonchev–Trinajstić information content (AvgIpc) is 2.40. The van der Waals surface area contributed by atoms with Crippen molar-refractivity contribution >= 4 is 22.9 Å². The molecule has 3 nitrogen and oxygen atoms in total. The molecule has 0 radical (unpaired) electrons. The van der Waals surface area contributed by atoms with E-state index in [9.17, 15) is 0 Å². The molecule has 1 aromatic rings. The summed E-state index contributed by atoms with van der Waals surface area (Å²) in [5.41, 5.74) is 7.78. The van der Waals surface area contributed by atoms with Crippen LogP contribution in [-0.4, -0.2) is 31.3 Å². The van der Waals surface area contributed by atoms with Crippen molar-refractivity contribution in [3.05, 3.63) is 29.8 Å². The van der Waals surface area contributed by atoms with Gasteiger partial charge in [-0.2, -0.15) is 0 Å². The molecule has 1 aromatic carbocycles. The summed E-state index contributed by atoms with van der Waals surface area (Å²) in [5, 5.41) is 0. The quantitative estimate of drug-likeness (QED) is 0.847. The van der Waals surface area contributed by atoms with Crippen LogP contribution in [0.2, 0.25) is 0 Å². The SMILES string of the molecule is CN(CC1CCCCO1)c1ccccc1C(N)=S. The van der Waals surface area contributed by atoms with E-state index in [4.69, 9.17) is 22.7 Å². The highest BCUT2D eigenvalue weighted by atomic mass is 32.1. The molecular formula is C14H20N2OS. The molecule has 1 aliphatic heterocycles. The lowest BCUT2D eigenvalue weighted by Gasteiger charge is -2.29. The lowest BCUT2D eigenvalue weighted by Crippen LogP contribution is -2.34. The smallest absolute Gasteiger partial charge is 0.106 e. The summed E-state index contributed by atoms with van der Waals surface area (Å²) < 4.78 is 5.76. The fraction of sp³-hybridized carbons (Fsp3) is 0.500. The number of nitrogens with zero attached hydrogens (tertiary/aromatic N) is 1. The Bertz CT molecular complexity index is 416. The number of thiocarbonyl (C=S) groups is 1. The van der Waals surface area contributed by atoms with Crippen LogP contribution in [0.4, 0.5) is 5.69 Å². The van der Waals surface area contributed by atoms with Crippen molar-refractivity contribution in [1.82, 2.24) is 0 Å². The molecule has 1 fully saturated rings. The summed E-state index contributed by atoms with van der Waals surface area (Å²) in [5.74, 6) is 0. The van der Waals surface area contributed by atoms with E-state index in [1.54, 1.807) is 0 Å². The van der Waals surface area contributed by atoms with Crippen LogP contribution in [0.15, 0.2) is 24.3 Å². The van der Waals surface area contributed by atoms with Gasteiger partial charge in [0.05, 0.1) is 6.10 Å². The number of para-hydroxylation sites is 1. The largest absolute Gasteiger partial charge is 0.389 e. The minimum absolute atomic E-state index is 0.322. The summed E-state index contributed by atoms with van der Waals surface area (Å²) in [7, 11) is 2.06. The van der Waals surface area contributed by atoms with Crippen LogP contribution in [0.1, 0.15) is 24.8 Å². The average molecular weight is 264 g/mol. The Morgan fingerprint density at radius 1 is 1.44 bits per heavy atom. The first-order chi connectivity index (χ1) is 8.68. The van der Waals surface area contributed by atoms with Crippen LogP contribution in [0, 0.1) is 0 Å². The van der Waals surface area contributed by atoms with Crippen molar-refractivity contribution in [2.45, 2.75) is 25.4 Å². The van der Waals surface area contributed by atoms with E-state index in [-0.39, 0.29) is 0 Å². The Labute approximate surface area is 114 Å². The molecule has 0 aliphatic carbocycles. The molecule has 1 aliphatic rings. The van der Waals surface area contributed by atoms with Gasteiger partial charge in [-0.15, -0.1) is 0 Å². The van der Waals surface area contributed by atoms with Crippen molar-refractivity contribution in [1.29, 1.82) is 0 Å². The van der Waals surface area contributed by atoms with Crippen molar-refractivity contribution in [3.63, 3.8) is 0 Å². The molecule has 98 valence electrons. The third-order valence-corrected chi connectivity index (χ3v) is 3.55. The lowest BCUT2D eigenvalue weighted by molar-refractivity contribution is 0.0216. The molecule has 0 aromatic heterocycles. The van der Waals surface area contributed by atoms with Crippen LogP contribution >= 0.6 is 12.2 Å². The third kappa shape index (κ3) is 3.21. The molecule has 1 unspecified atom stereocenters. The second kappa shape index (κ2) is 6.16. The van der Waals surface area contributed by atoms with Gasteiger partial charge >= 0.3 is 0 Å². The maximum absolute atomic E-state index is 5.76. The molecule has 2 rings (SSSR count). The summed E-state index contributed by atoms with van der Waals surface area (Å²) in [6.45, 7) is 1.77. The molecule has 18 heavy (non-hydrogen) atoms. The lowest BCUT2D eigenvalue weighted by atomic mass is 10.1. The number of hydrogen-bond acceptors (Lipinski definition) is 3. The van der Waals surface area contributed by atoms with Gasteiger partial charge in [-0.3, -0.25) is 0 Å². The van der Waals surface area contributed by atoms with Gasteiger partial charge in [0, 0.05) is 31.5 Å². The minimum atomic E-state index is 0.322. The molecule has 1 heterocycles. The Hall–Kier alpha value is -1.13. The number of rotatable bonds is 4. The molecule has 0 bridgehead atoms. The Morgan fingerprint density at radius 3 is 2.89 bits per heavy atom. The summed E-state index contributed by atoms with van der Waals surface area (Å²) in [6.07, 6.45) is 3.90. The van der Waals surface area contributed by atoms with E-state index in [1.165, 1.54) is 12.8 Å². The number of likely N-dealkylation sites (N-methyl/N-ethyl adjacent to an activating group) is 1. The molecule has 0 saturated carbocycles. The molecule has 0 spiro atoms. The highest BCUT2D eigenvalue weighted by molar-refractivity contribution is 7.80. The molecule has 1 saturated heterocycles. The fourth-order valence-electron chi connectivity index (χ4n) is 2.37. The van der Waals surface area contributed by atoms with Gasteiger partial charge in [-0.1, -0.05) is 24.4 Å². The van der Waals surface area contributed by atoms with Crippen molar-refractivity contribution in [3.8, 4) is 0 Å². The van der Waals surface area contributed by atoms with E-state index in [0.717, 1.165) is 30.8 Å². The molecule has 0 amide bonds. The van der Waals surface area contributed by atoms with E-state index < -0.39 is 0 Å². The van der Waals surface area contributed by atoms with E-state index in [0.29, 0.717) is 11.1 Å². The van der Waals surface area contributed by atoms with Gasteiger partial charge < -0.3 is 15.4 Å². The van der Waals surface area contributed by atoms with Gasteiger partial charge in [0.15, 0.2) is 0 Å². The zero-order valence-corrected chi connectivity index (χ0v) is 11.6. The monoisotopic (exact) mass is 264 g/mol. The summed E-state index contributed by atoms with van der Waals surface area (Å²) in [4.78, 5) is 2.63. The van der Waals surface area contributed by atoms with Gasteiger partial charge in [0.1, 0.15) is 4.99 Å². The van der Waals surface area contributed by atoms with Gasteiger partial charge in [-0.05, 0) is 31.4 Å². The van der Waals surface area contributed by atoms with E-state index in [2.05, 4.69) is 18.0 Å². The number of ether oxygens (including phenoxy) is 1. The number of anilines is 1. The number of benzene rings is 1. The van der Waals surface area contributed by atoms with Crippen molar-refractivity contribution in [2.24, 2.45) is 5.73 Å². The minimum Gasteiger partial charge on any atom is -0.389 e. The Kier molecular flexibility index (Phi) is 4.55. The first-order valence-corrected chi connectivity index (χ1v) is 6.81. The molecule has 4 heteroatoms. The van der Waals surface area contributed by atoms with Gasteiger partial charge in [0.25, 0.3) is 0 Å².